The monoisotopic (exact) mass is 1580 g/mol. The lowest BCUT2D eigenvalue weighted by molar-refractivity contribution is -0.433. The van der Waals surface area contributed by atoms with E-state index in [4.69, 9.17) is 19.0 Å². The number of anilines is 1. The zero-order valence-corrected chi connectivity index (χ0v) is 64.1. The van der Waals surface area contributed by atoms with Crippen LogP contribution < -0.4 is 20.4 Å². The van der Waals surface area contributed by atoms with Crippen molar-refractivity contribution >= 4 is 107 Å². The quantitative estimate of drug-likeness (QED) is 0.00515. The lowest BCUT2D eigenvalue weighted by atomic mass is 9.79. The highest BCUT2D eigenvalue weighted by Gasteiger charge is 2.47. The van der Waals surface area contributed by atoms with Crippen molar-refractivity contribution in [3.05, 3.63) is 180 Å². The molecule has 0 spiro atoms. The second-order valence-electron chi connectivity index (χ2n) is 26.9. The number of rotatable bonds is 32. The van der Waals surface area contributed by atoms with Gasteiger partial charge in [0.15, 0.2) is 5.71 Å². The lowest BCUT2D eigenvalue weighted by Crippen LogP contribution is -2.50. The summed E-state index contributed by atoms with van der Waals surface area (Å²) < 4.78 is 190. The number of unbranched alkanes of at least 4 members (excludes halogenated alkanes) is 2. The number of hydrogen-bond acceptors (Lipinski definition) is 20. The van der Waals surface area contributed by atoms with Gasteiger partial charge in [-0.2, -0.15) is 38.2 Å². The first-order valence-corrected chi connectivity index (χ1v) is 41.7. The van der Waals surface area contributed by atoms with Crippen LogP contribution in [0.3, 0.4) is 0 Å². The van der Waals surface area contributed by atoms with Crippen molar-refractivity contribution in [1.29, 1.82) is 0 Å². The fourth-order valence-corrected chi connectivity index (χ4v) is 18.2. The van der Waals surface area contributed by atoms with Gasteiger partial charge in [0.1, 0.15) is 34.7 Å². The number of nitrogens with zero attached hydrogens (tertiary/aromatic N) is 5. The summed E-state index contributed by atoms with van der Waals surface area (Å²) in [5, 5.41) is 12.7. The lowest BCUT2D eigenvalue weighted by Gasteiger charge is -2.34. The molecule has 3 heterocycles. The summed E-state index contributed by atoms with van der Waals surface area (Å²) in [7, 11) is -23.1. The highest BCUT2D eigenvalue weighted by Crippen LogP contribution is 2.52. The molecule has 0 radical (unpaired) electrons. The average molecular weight is 1590 g/mol. The summed E-state index contributed by atoms with van der Waals surface area (Å²) in [5.41, 5.74) is 5.47. The third-order valence-electron chi connectivity index (χ3n) is 19.4. The number of carbonyl (C=O) groups excluding carboxylic acids is 3. The number of ether oxygens (including phenoxy) is 3. The molecule has 7 N–H and O–H groups in total. The van der Waals surface area contributed by atoms with Crippen LogP contribution in [0.4, 0.5) is 16.2 Å². The standard InChI is InChI=1S/C74H85N7O22S5/c1-7-79-61-32-30-57-59(45-55(105(88,89)90)47-64(57)107(94,95)96)69(61)73(2,3)66(79)19-13-9-14-20-67-74(4,5)70-60-46-56(106(91,92)93)48-65(108(97,98)99)58(60)31-33-62(70)80(67)36-16-10-15-21-68(82)78-39-37-77(38-40-78)41-42-101-43-44-103-81(63(71(83)76-85)34-35-75-72(84)102-49-50-17-11-8-12-18-50)104(86,87)54-28-24-52(25-29-54)51-22-26-53(100-6)27-23-51/h8-9,11-14,17-20,22-33,45-48,63H,7,10,15-16,21,34-44,49H2,1-6H3,(H6-,75,76,83,84,85,88,89,90,91,92,93,94,95,96,97,98,99)/p+1/t63-/m1/s1. The molecule has 0 aromatic heterocycles. The van der Waals surface area contributed by atoms with E-state index in [1.165, 1.54) is 49.0 Å². The van der Waals surface area contributed by atoms with Crippen LogP contribution in [0.5, 0.6) is 5.75 Å². The van der Waals surface area contributed by atoms with E-state index in [0.29, 0.717) is 121 Å². The van der Waals surface area contributed by atoms with Crippen molar-refractivity contribution in [3.63, 3.8) is 0 Å². The summed E-state index contributed by atoms with van der Waals surface area (Å²) in [4.78, 5) is 48.3. The van der Waals surface area contributed by atoms with E-state index in [1.807, 2.05) is 62.3 Å². The number of nitrogens with one attached hydrogen (secondary N) is 2. The maximum Gasteiger partial charge on any atom is 0.407 e. The predicted octanol–water partition coefficient (Wildman–Crippen LogP) is 9.38. The van der Waals surface area contributed by atoms with Gasteiger partial charge >= 0.3 is 6.09 Å². The highest BCUT2D eigenvalue weighted by molar-refractivity contribution is 7.89. The number of carbonyl (C=O) groups is 3. The van der Waals surface area contributed by atoms with Gasteiger partial charge in [-0.15, -0.1) is 0 Å². The number of alkyl carbamates (subject to hydrolysis) is 1. The van der Waals surface area contributed by atoms with Crippen LogP contribution in [0.15, 0.2) is 188 Å². The van der Waals surface area contributed by atoms with Gasteiger partial charge in [0.25, 0.3) is 56.4 Å². The van der Waals surface area contributed by atoms with Crippen molar-refractivity contribution in [2.24, 2.45) is 0 Å². The second-order valence-corrected chi connectivity index (χ2v) is 34.3. The van der Waals surface area contributed by atoms with Crippen LogP contribution in [0.1, 0.15) is 83.4 Å². The van der Waals surface area contributed by atoms with Crippen molar-refractivity contribution in [1.82, 2.24) is 25.1 Å². The molecule has 1 saturated heterocycles. The van der Waals surface area contributed by atoms with Gasteiger partial charge in [-0.25, -0.2) is 18.7 Å². The van der Waals surface area contributed by atoms with E-state index in [1.54, 1.807) is 95.9 Å². The zero-order chi connectivity index (χ0) is 78.3. The molecule has 1 fully saturated rings. The molecule has 0 aliphatic carbocycles. The first kappa shape index (κ1) is 81.7. The largest absolute Gasteiger partial charge is 0.497 e. The first-order valence-electron chi connectivity index (χ1n) is 34.5. The van der Waals surface area contributed by atoms with Gasteiger partial charge in [-0.05, 0) is 140 Å². The molecular formula is C74H86N7O22S5+. The number of amides is 3. The topological polar surface area (TPSA) is 400 Å². The fraction of sp³-hybridized carbons (Fsp3) is 0.351. The Kier molecular flexibility index (Phi) is 25.4. The third-order valence-corrected chi connectivity index (χ3v) is 24.5. The Morgan fingerprint density at radius 1 is 0.630 bits per heavy atom. The Bertz CT molecular complexity index is 5300. The molecule has 7 aromatic rings. The number of hydrogen-bond donors (Lipinski definition) is 7. The molecule has 0 bridgehead atoms. The van der Waals surface area contributed by atoms with Crippen molar-refractivity contribution in [2.75, 3.05) is 84.2 Å². The SMILES string of the molecule is CC[N+]1=C(/C=C/C=C/C=C2\N(CCCCCC(=O)N3CCN(CCOCCON([C@H](CCNC(=O)OCc4ccccc4)C(=O)NO)S(=O)(=O)c4ccc(-c5ccc(OC)cc5)cc4)CC3)c3ccc4c(S(=O)(=O)O)cc(S(=O)(=O)O)cc4c3C2(C)C)C(C)(C)c2c1ccc1c(S(=O)(=O)O)cc(S(=O)(=O)O)cc21. The van der Waals surface area contributed by atoms with E-state index < -0.39 is 98.9 Å². The molecule has 29 nitrogen and oxygen atoms in total. The second kappa shape index (κ2) is 33.6. The molecule has 108 heavy (non-hydrogen) atoms. The number of allylic oxidation sites excluding steroid dienone is 6. The summed E-state index contributed by atoms with van der Waals surface area (Å²) in [6.45, 7) is 11.9. The number of hydroxylamine groups is 2. The van der Waals surface area contributed by atoms with Gasteiger partial charge in [0.2, 0.25) is 11.6 Å². The van der Waals surface area contributed by atoms with Crippen LogP contribution in [0, 0.1) is 0 Å². The normalized spacial score (nSPS) is 16.3. The highest BCUT2D eigenvalue weighted by atomic mass is 32.2. The predicted molar refractivity (Wildman–Crippen MR) is 401 cm³/mol. The van der Waals surface area contributed by atoms with Crippen molar-refractivity contribution in [3.8, 4) is 16.9 Å². The molecule has 0 saturated carbocycles. The molecule has 1 atom stereocenters. The Hall–Kier alpha value is -8.85. The molecule has 3 amide bonds. The molecular weight excluding hydrogens is 1500 g/mol. The number of fused-ring (bicyclic) bond motifs is 6. The van der Waals surface area contributed by atoms with Crippen LogP contribution in [-0.4, -0.2) is 193 Å². The third kappa shape index (κ3) is 18.4. The molecule has 0 unspecified atom stereocenters. The number of piperazine rings is 1. The number of sulfonamides is 1. The Balaban J connectivity index is 0.766. The van der Waals surface area contributed by atoms with Crippen LogP contribution in [-0.2, 0) is 91.8 Å². The smallest absolute Gasteiger partial charge is 0.407 e. The summed E-state index contributed by atoms with van der Waals surface area (Å²) >= 11 is 0. The van der Waals surface area contributed by atoms with E-state index in [0.717, 1.165) is 16.8 Å². The minimum absolute atomic E-state index is 0.0105. The van der Waals surface area contributed by atoms with Gasteiger partial charge in [-0.1, -0.05) is 104 Å². The minimum Gasteiger partial charge on any atom is -0.497 e. The number of benzene rings is 7. The molecule has 34 heteroatoms. The van der Waals surface area contributed by atoms with E-state index in [2.05, 4.69) is 10.2 Å². The van der Waals surface area contributed by atoms with Crippen molar-refractivity contribution < 1.29 is 104 Å². The Labute approximate surface area is 627 Å². The van der Waals surface area contributed by atoms with Gasteiger partial charge in [-0.3, -0.25) is 42.7 Å². The van der Waals surface area contributed by atoms with E-state index >= 15 is 0 Å². The molecule has 10 rings (SSSR count). The van der Waals surface area contributed by atoms with E-state index in [9.17, 15) is 79.9 Å². The first-order chi connectivity index (χ1) is 51.0. The summed E-state index contributed by atoms with van der Waals surface area (Å²) in [6.07, 6.45) is 9.71. The minimum atomic E-state index is -5.04. The molecule has 3 aliphatic rings. The van der Waals surface area contributed by atoms with Gasteiger partial charge in [0, 0.05) is 97.5 Å². The zero-order valence-electron chi connectivity index (χ0n) is 60.1. The summed E-state index contributed by atoms with van der Waals surface area (Å²) in [6, 6.07) is 30.3. The molecule has 7 aromatic carbocycles. The Morgan fingerprint density at radius 3 is 1.81 bits per heavy atom. The Morgan fingerprint density at radius 2 is 1.23 bits per heavy atom. The average Bonchev–Trinajstić information content (AvgIpc) is 1.62. The summed E-state index contributed by atoms with van der Waals surface area (Å²) in [5.74, 6) is -0.549. The maximum atomic E-state index is 14.4. The van der Waals surface area contributed by atoms with E-state index in [-0.39, 0.29) is 78.2 Å². The van der Waals surface area contributed by atoms with Crippen molar-refractivity contribution in [2.45, 2.75) is 115 Å². The van der Waals surface area contributed by atoms with Crippen LogP contribution in [0.2, 0.25) is 0 Å². The molecule has 578 valence electrons. The van der Waals surface area contributed by atoms with Crippen LogP contribution >= 0.6 is 0 Å². The molecule has 3 aliphatic heterocycles. The number of methoxy groups -OCH3 is 1. The van der Waals surface area contributed by atoms with Crippen LogP contribution in [0.25, 0.3) is 32.7 Å². The van der Waals surface area contributed by atoms with Gasteiger partial charge < -0.3 is 29.3 Å². The van der Waals surface area contributed by atoms with Gasteiger partial charge in [0.05, 0.1) is 47.0 Å². The maximum absolute atomic E-state index is 14.4. The fourth-order valence-electron chi connectivity index (χ4n) is 14.1.